The molecule has 1 aliphatic rings. The van der Waals surface area contributed by atoms with Crippen LogP contribution >= 0.6 is 27.5 Å². The number of nitrogens with one attached hydrogen (secondary N) is 1. The Kier molecular flexibility index (Phi) is 4.64. The van der Waals surface area contributed by atoms with Crippen molar-refractivity contribution in [3.63, 3.8) is 0 Å². The van der Waals surface area contributed by atoms with E-state index in [1.807, 2.05) is 53.4 Å². The summed E-state index contributed by atoms with van der Waals surface area (Å²) >= 11 is 9.38. The third kappa shape index (κ3) is 3.54. The molecular formula is C18H18BrClN2O. The van der Waals surface area contributed by atoms with Gasteiger partial charge in [0, 0.05) is 26.4 Å². The van der Waals surface area contributed by atoms with Gasteiger partial charge < -0.3 is 5.32 Å². The molecule has 1 N–H and O–H groups in total. The minimum absolute atomic E-state index is 0.114. The molecule has 0 spiro atoms. The van der Waals surface area contributed by atoms with E-state index in [1.165, 1.54) is 0 Å². The first-order valence-electron chi connectivity index (χ1n) is 7.60. The summed E-state index contributed by atoms with van der Waals surface area (Å²) in [5, 5.41) is 3.66. The molecule has 5 heteroatoms. The second-order valence-electron chi connectivity index (χ2n) is 6.10. The molecule has 1 fully saturated rings. The highest BCUT2D eigenvalue weighted by molar-refractivity contribution is 9.10. The third-order valence-electron chi connectivity index (χ3n) is 4.35. The maximum Gasteiger partial charge on any atom is 0.326 e. The lowest BCUT2D eigenvalue weighted by molar-refractivity contribution is 0.225. The minimum Gasteiger partial charge on any atom is -0.308 e. The Hall–Kier alpha value is -1.52. The van der Waals surface area contributed by atoms with Crippen LogP contribution in [0.2, 0.25) is 5.02 Å². The van der Waals surface area contributed by atoms with Gasteiger partial charge in [-0.05, 0) is 74.7 Å². The minimum atomic E-state index is -0.146. The predicted molar refractivity (Wildman–Crippen MR) is 99.3 cm³/mol. The quantitative estimate of drug-likeness (QED) is 0.673. The molecule has 0 saturated heterocycles. The van der Waals surface area contributed by atoms with Crippen LogP contribution in [0.15, 0.2) is 53.0 Å². The smallest absolute Gasteiger partial charge is 0.308 e. The topological polar surface area (TPSA) is 32.3 Å². The number of rotatable bonds is 3. The van der Waals surface area contributed by atoms with E-state index < -0.39 is 0 Å². The molecule has 0 atom stereocenters. The summed E-state index contributed by atoms with van der Waals surface area (Å²) in [7, 11) is 0. The average Bonchev–Trinajstić information content (AvgIpc) is 2.50. The molecule has 23 heavy (non-hydrogen) atoms. The van der Waals surface area contributed by atoms with Crippen LogP contribution in [0.3, 0.4) is 0 Å². The molecule has 0 aromatic heterocycles. The molecule has 0 unspecified atom stereocenters. The number of amides is 2. The zero-order chi connectivity index (χ0) is 16.4. The van der Waals surface area contributed by atoms with Gasteiger partial charge in [0.2, 0.25) is 0 Å². The van der Waals surface area contributed by atoms with Crippen LogP contribution in [0.1, 0.15) is 26.2 Å². The van der Waals surface area contributed by atoms with Crippen molar-refractivity contribution in [1.82, 2.24) is 0 Å². The summed E-state index contributed by atoms with van der Waals surface area (Å²) in [4.78, 5) is 14.7. The molecule has 3 nitrogen and oxygen atoms in total. The summed E-state index contributed by atoms with van der Waals surface area (Å²) < 4.78 is 0.982. The number of halogens is 2. The van der Waals surface area contributed by atoms with Crippen molar-refractivity contribution < 1.29 is 4.79 Å². The number of hydrogen-bond acceptors (Lipinski definition) is 1. The summed E-state index contributed by atoms with van der Waals surface area (Å²) in [6.45, 7) is 2.13. The standard InChI is InChI=1S/C18H18BrClN2O/c1-18(11-2-12-18)22(16-9-5-14(20)6-10-16)17(23)21-15-7-3-13(19)4-8-15/h3-10H,2,11-12H2,1H3,(H,21,23). The van der Waals surface area contributed by atoms with E-state index in [0.717, 1.165) is 35.1 Å². The molecular weight excluding hydrogens is 376 g/mol. The van der Waals surface area contributed by atoms with E-state index in [0.29, 0.717) is 5.02 Å². The highest BCUT2D eigenvalue weighted by Gasteiger charge is 2.41. The van der Waals surface area contributed by atoms with E-state index >= 15 is 0 Å². The van der Waals surface area contributed by atoms with Gasteiger partial charge >= 0.3 is 6.03 Å². The van der Waals surface area contributed by atoms with E-state index in [1.54, 1.807) is 0 Å². The molecule has 3 rings (SSSR count). The molecule has 2 aromatic carbocycles. The van der Waals surface area contributed by atoms with E-state index in [2.05, 4.69) is 28.2 Å². The van der Waals surface area contributed by atoms with Crippen LogP contribution < -0.4 is 10.2 Å². The lowest BCUT2D eigenvalue weighted by atomic mass is 9.77. The molecule has 0 radical (unpaired) electrons. The van der Waals surface area contributed by atoms with Crippen molar-refractivity contribution in [1.29, 1.82) is 0 Å². The summed E-state index contributed by atoms with van der Waals surface area (Å²) in [6, 6.07) is 14.9. The van der Waals surface area contributed by atoms with Crippen LogP contribution in [0.4, 0.5) is 16.2 Å². The van der Waals surface area contributed by atoms with Gasteiger partial charge in [0.05, 0.1) is 0 Å². The summed E-state index contributed by atoms with van der Waals surface area (Å²) in [5.74, 6) is 0. The Morgan fingerprint density at radius 2 is 1.74 bits per heavy atom. The van der Waals surface area contributed by atoms with Gasteiger partial charge in [-0.25, -0.2) is 4.79 Å². The highest BCUT2D eigenvalue weighted by Crippen LogP contribution is 2.40. The molecule has 2 aromatic rings. The average molecular weight is 394 g/mol. The lowest BCUT2D eigenvalue weighted by Crippen LogP contribution is -2.56. The van der Waals surface area contributed by atoms with Gasteiger partial charge in [-0.3, -0.25) is 4.90 Å². The number of carbonyl (C=O) groups excluding carboxylic acids is 1. The van der Waals surface area contributed by atoms with Gasteiger partial charge in [0.15, 0.2) is 0 Å². The third-order valence-corrected chi connectivity index (χ3v) is 5.13. The van der Waals surface area contributed by atoms with Crippen LogP contribution in [0.5, 0.6) is 0 Å². The van der Waals surface area contributed by atoms with Crippen molar-refractivity contribution in [2.24, 2.45) is 0 Å². The number of anilines is 2. The molecule has 2 amide bonds. The fourth-order valence-electron chi connectivity index (χ4n) is 2.89. The number of hydrogen-bond donors (Lipinski definition) is 1. The van der Waals surface area contributed by atoms with E-state index in [4.69, 9.17) is 11.6 Å². The Balaban J connectivity index is 1.87. The van der Waals surface area contributed by atoms with Crippen LogP contribution in [-0.4, -0.2) is 11.6 Å². The lowest BCUT2D eigenvalue weighted by Gasteiger charge is -2.47. The Labute approximate surface area is 149 Å². The second kappa shape index (κ2) is 6.54. The van der Waals surface area contributed by atoms with Crippen molar-refractivity contribution in [3.05, 3.63) is 58.0 Å². The van der Waals surface area contributed by atoms with Crippen molar-refractivity contribution >= 4 is 44.9 Å². The van der Waals surface area contributed by atoms with Crippen molar-refractivity contribution in [3.8, 4) is 0 Å². The Morgan fingerprint density at radius 3 is 2.26 bits per heavy atom. The van der Waals surface area contributed by atoms with Crippen molar-refractivity contribution in [2.75, 3.05) is 10.2 Å². The molecule has 0 aliphatic heterocycles. The molecule has 0 bridgehead atoms. The van der Waals surface area contributed by atoms with Gasteiger partial charge in [-0.1, -0.05) is 27.5 Å². The second-order valence-corrected chi connectivity index (χ2v) is 7.45. The number of benzene rings is 2. The van der Waals surface area contributed by atoms with Gasteiger partial charge in [-0.2, -0.15) is 0 Å². The van der Waals surface area contributed by atoms with Crippen LogP contribution in [0.25, 0.3) is 0 Å². The highest BCUT2D eigenvalue weighted by atomic mass is 79.9. The first-order chi connectivity index (χ1) is 11.0. The SMILES string of the molecule is CC1(N(C(=O)Nc2ccc(Br)cc2)c2ccc(Cl)cc2)CCC1. The predicted octanol–water partition coefficient (Wildman–Crippen LogP) is 6.08. The molecule has 1 aliphatic carbocycles. The van der Waals surface area contributed by atoms with E-state index in [-0.39, 0.29) is 11.6 Å². The van der Waals surface area contributed by atoms with Crippen LogP contribution in [0, 0.1) is 0 Å². The molecule has 120 valence electrons. The van der Waals surface area contributed by atoms with Gasteiger partial charge in [0.25, 0.3) is 0 Å². The summed E-state index contributed by atoms with van der Waals surface area (Å²) in [6.07, 6.45) is 3.15. The maximum atomic E-state index is 12.9. The fourth-order valence-corrected chi connectivity index (χ4v) is 3.28. The number of carbonyl (C=O) groups is 1. The zero-order valence-corrected chi connectivity index (χ0v) is 15.2. The van der Waals surface area contributed by atoms with E-state index in [9.17, 15) is 4.79 Å². The molecule has 1 saturated carbocycles. The number of nitrogens with zero attached hydrogens (tertiary/aromatic N) is 1. The van der Waals surface area contributed by atoms with Crippen molar-refractivity contribution in [2.45, 2.75) is 31.7 Å². The number of urea groups is 1. The zero-order valence-electron chi connectivity index (χ0n) is 12.9. The monoisotopic (exact) mass is 392 g/mol. The first kappa shape index (κ1) is 16.3. The van der Waals surface area contributed by atoms with Crippen LogP contribution in [-0.2, 0) is 0 Å². The Bertz CT molecular complexity index is 696. The fraction of sp³-hybridized carbons (Fsp3) is 0.278. The summed E-state index contributed by atoms with van der Waals surface area (Å²) in [5.41, 5.74) is 1.50. The largest absolute Gasteiger partial charge is 0.326 e. The molecule has 0 heterocycles. The maximum absolute atomic E-state index is 12.9. The Morgan fingerprint density at radius 1 is 1.13 bits per heavy atom. The normalized spacial score (nSPS) is 15.6. The van der Waals surface area contributed by atoms with Gasteiger partial charge in [0.1, 0.15) is 0 Å². The van der Waals surface area contributed by atoms with Gasteiger partial charge in [-0.15, -0.1) is 0 Å². The first-order valence-corrected chi connectivity index (χ1v) is 8.77.